The zero-order valence-corrected chi connectivity index (χ0v) is 11.0. The molecule has 5 heteroatoms. The number of hydrogen-bond donors (Lipinski definition) is 1. The molecule has 2 rings (SSSR count). The average Bonchev–Trinajstić information content (AvgIpc) is 2.36. The Morgan fingerprint density at radius 3 is 2.68 bits per heavy atom. The van der Waals surface area contributed by atoms with Gasteiger partial charge in [0.1, 0.15) is 5.71 Å². The van der Waals surface area contributed by atoms with Gasteiger partial charge in [0, 0.05) is 12.8 Å². The molecule has 1 aromatic rings. The van der Waals surface area contributed by atoms with Crippen LogP contribution in [0.3, 0.4) is 0 Å². The molecule has 1 aliphatic rings. The summed E-state index contributed by atoms with van der Waals surface area (Å²) >= 11 is 0. The highest BCUT2D eigenvalue weighted by molar-refractivity contribution is 6.36. The molecule has 0 saturated carbocycles. The van der Waals surface area contributed by atoms with Crippen LogP contribution in [0, 0.1) is 13.8 Å². The van der Waals surface area contributed by atoms with Gasteiger partial charge in [0.05, 0.1) is 6.54 Å². The number of benzene rings is 1. The number of aryl methyl sites for hydroxylation is 2. The Bertz CT molecular complexity index is 564. The van der Waals surface area contributed by atoms with Crippen LogP contribution in [0.4, 0.5) is 0 Å². The summed E-state index contributed by atoms with van der Waals surface area (Å²) in [7, 11) is 0. The van der Waals surface area contributed by atoms with Crippen molar-refractivity contribution in [2.75, 3.05) is 0 Å². The van der Waals surface area contributed by atoms with Gasteiger partial charge in [-0.05, 0) is 30.5 Å². The van der Waals surface area contributed by atoms with Gasteiger partial charge >= 0.3 is 5.97 Å². The molecule has 0 saturated heterocycles. The molecule has 100 valence electrons. The van der Waals surface area contributed by atoms with Crippen LogP contribution in [0.5, 0.6) is 0 Å². The van der Waals surface area contributed by atoms with E-state index in [0.29, 0.717) is 6.54 Å². The molecule has 0 bridgehead atoms. The van der Waals surface area contributed by atoms with Crippen molar-refractivity contribution in [3.8, 4) is 0 Å². The fraction of sp³-hybridized carbons (Fsp3) is 0.357. The summed E-state index contributed by atoms with van der Waals surface area (Å²) < 4.78 is 0. The molecule has 0 aromatic heterocycles. The van der Waals surface area contributed by atoms with E-state index < -0.39 is 5.97 Å². The zero-order valence-electron chi connectivity index (χ0n) is 11.0. The Kier molecular flexibility index (Phi) is 3.64. The van der Waals surface area contributed by atoms with Gasteiger partial charge in [-0.1, -0.05) is 18.2 Å². The lowest BCUT2D eigenvalue weighted by atomic mass is 10.1. The van der Waals surface area contributed by atoms with E-state index in [0.717, 1.165) is 11.1 Å². The summed E-state index contributed by atoms with van der Waals surface area (Å²) in [6, 6.07) is 5.91. The fourth-order valence-corrected chi connectivity index (χ4v) is 1.95. The van der Waals surface area contributed by atoms with Crippen LogP contribution in [0.2, 0.25) is 0 Å². The Morgan fingerprint density at radius 2 is 2.05 bits per heavy atom. The van der Waals surface area contributed by atoms with Crippen molar-refractivity contribution in [2.24, 2.45) is 5.10 Å². The number of rotatable bonds is 3. The molecular formula is C14H16N2O3. The van der Waals surface area contributed by atoms with Gasteiger partial charge in [-0.25, -0.2) is 9.80 Å². The third kappa shape index (κ3) is 2.99. The predicted molar refractivity (Wildman–Crippen MR) is 70.8 cm³/mol. The third-order valence-electron chi connectivity index (χ3n) is 3.26. The minimum absolute atomic E-state index is 0.0448. The number of carboxylic acids is 1. The van der Waals surface area contributed by atoms with Crippen molar-refractivity contribution in [2.45, 2.75) is 33.2 Å². The number of amides is 1. The highest BCUT2D eigenvalue weighted by atomic mass is 16.4. The molecule has 1 aromatic carbocycles. The van der Waals surface area contributed by atoms with E-state index in [1.54, 1.807) is 0 Å². The number of carbonyl (C=O) groups excluding carboxylic acids is 1. The Hall–Kier alpha value is -2.17. The average molecular weight is 260 g/mol. The molecule has 0 unspecified atom stereocenters. The quantitative estimate of drug-likeness (QED) is 0.901. The van der Waals surface area contributed by atoms with Crippen LogP contribution in [0.15, 0.2) is 23.3 Å². The molecule has 5 nitrogen and oxygen atoms in total. The maximum atomic E-state index is 11.7. The van der Waals surface area contributed by atoms with E-state index in [9.17, 15) is 9.59 Å². The molecule has 0 aliphatic carbocycles. The van der Waals surface area contributed by atoms with Gasteiger partial charge in [-0.15, -0.1) is 0 Å². The lowest BCUT2D eigenvalue weighted by Crippen LogP contribution is -2.33. The van der Waals surface area contributed by atoms with E-state index in [-0.39, 0.29) is 24.5 Å². The van der Waals surface area contributed by atoms with Crippen molar-refractivity contribution in [3.05, 3.63) is 34.9 Å². The molecule has 1 heterocycles. The zero-order chi connectivity index (χ0) is 14.0. The van der Waals surface area contributed by atoms with Gasteiger partial charge in [0.15, 0.2) is 0 Å². The first-order valence-corrected chi connectivity index (χ1v) is 6.14. The van der Waals surface area contributed by atoms with Crippen molar-refractivity contribution in [1.29, 1.82) is 0 Å². The minimum Gasteiger partial charge on any atom is -0.477 e. The monoisotopic (exact) mass is 260 g/mol. The van der Waals surface area contributed by atoms with Crippen LogP contribution in [0.1, 0.15) is 29.5 Å². The number of nitrogens with zero attached hydrogens (tertiary/aromatic N) is 2. The molecule has 0 atom stereocenters. The number of carboxylic acid groups (broad SMARTS) is 1. The van der Waals surface area contributed by atoms with E-state index >= 15 is 0 Å². The summed E-state index contributed by atoms with van der Waals surface area (Å²) in [6.07, 6.45) is 0.410. The normalized spacial score (nSPS) is 15.4. The molecule has 0 spiro atoms. The van der Waals surface area contributed by atoms with E-state index in [4.69, 9.17) is 5.11 Å². The van der Waals surface area contributed by atoms with Gasteiger partial charge in [-0.3, -0.25) is 4.79 Å². The maximum absolute atomic E-state index is 11.7. The topological polar surface area (TPSA) is 70.0 Å². The molecule has 1 N–H and O–H groups in total. The van der Waals surface area contributed by atoms with Crippen LogP contribution < -0.4 is 0 Å². The second kappa shape index (κ2) is 5.22. The summed E-state index contributed by atoms with van der Waals surface area (Å²) in [5, 5.41) is 14.1. The minimum atomic E-state index is -1.06. The molecule has 1 amide bonds. The summed E-state index contributed by atoms with van der Waals surface area (Å²) in [5.74, 6) is -1.19. The van der Waals surface area contributed by atoms with Crippen molar-refractivity contribution < 1.29 is 14.7 Å². The standard InChI is InChI=1S/C14H16N2O3/c1-9-3-4-11(7-10(9)2)8-16-13(17)6-5-12(15-16)14(18)19/h3-4,7H,5-6,8H2,1-2H3,(H,18,19). The van der Waals surface area contributed by atoms with Gasteiger partial charge in [0.25, 0.3) is 0 Å². The second-order valence-electron chi connectivity index (χ2n) is 4.72. The molecule has 0 fully saturated rings. The number of hydrazone groups is 1. The van der Waals surface area contributed by atoms with Gasteiger partial charge in [-0.2, -0.15) is 5.10 Å². The van der Waals surface area contributed by atoms with Crippen molar-refractivity contribution >= 4 is 17.6 Å². The summed E-state index contributed by atoms with van der Waals surface area (Å²) in [5.41, 5.74) is 3.32. The smallest absolute Gasteiger partial charge is 0.352 e. The Labute approximate surface area is 111 Å². The molecule has 1 aliphatic heterocycles. The fourth-order valence-electron chi connectivity index (χ4n) is 1.95. The first-order valence-electron chi connectivity index (χ1n) is 6.14. The summed E-state index contributed by atoms with van der Waals surface area (Å²) in [4.78, 5) is 22.6. The predicted octanol–water partition coefficient (Wildman–Crippen LogP) is 1.87. The first-order chi connectivity index (χ1) is 8.97. The lowest BCUT2D eigenvalue weighted by Gasteiger charge is -2.22. The van der Waals surface area contributed by atoms with Crippen molar-refractivity contribution in [1.82, 2.24) is 5.01 Å². The van der Waals surface area contributed by atoms with Crippen LogP contribution in [-0.2, 0) is 16.1 Å². The second-order valence-corrected chi connectivity index (χ2v) is 4.72. The first kappa shape index (κ1) is 13.3. The van der Waals surface area contributed by atoms with Crippen LogP contribution in [-0.4, -0.2) is 27.7 Å². The number of hydrogen-bond acceptors (Lipinski definition) is 3. The summed E-state index contributed by atoms with van der Waals surface area (Å²) in [6.45, 7) is 4.34. The lowest BCUT2D eigenvalue weighted by molar-refractivity contribution is -0.133. The van der Waals surface area contributed by atoms with E-state index in [1.807, 2.05) is 32.0 Å². The highest BCUT2D eigenvalue weighted by Crippen LogP contribution is 2.16. The Balaban J connectivity index is 2.20. The van der Waals surface area contributed by atoms with E-state index in [2.05, 4.69) is 5.10 Å². The molecular weight excluding hydrogens is 244 g/mol. The molecule has 19 heavy (non-hydrogen) atoms. The highest BCUT2D eigenvalue weighted by Gasteiger charge is 2.24. The van der Waals surface area contributed by atoms with Gasteiger partial charge in [0.2, 0.25) is 5.91 Å². The van der Waals surface area contributed by atoms with E-state index in [1.165, 1.54) is 10.6 Å². The SMILES string of the molecule is Cc1ccc(CN2N=C(C(=O)O)CCC2=O)cc1C. The maximum Gasteiger partial charge on any atom is 0.352 e. The number of aliphatic carboxylic acids is 1. The Morgan fingerprint density at radius 1 is 1.32 bits per heavy atom. The van der Waals surface area contributed by atoms with Crippen LogP contribution in [0.25, 0.3) is 0 Å². The number of carbonyl (C=O) groups is 2. The largest absolute Gasteiger partial charge is 0.477 e. The van der Waals surface area contributed by atoms with Gasteiger partial charge < -0.3 is 5.11 Å². The third-order valence-corrected chi connectivity index (χ3v) is 3.26. The van der Waals surface area contributed by atoms with Crippen molar-refractivity contribution in [3.63, 3.8) is 0 Å². The molecule has 0 radical (unpaired) electrons. The van der Waals surface area contributed by atoms with Crippen LogP contribution >= 0.6 is 0 Å².